The summed E-state index contributed by atoms with van der Waals surface area (Å²) in [6.45, 7) is 3.04. The number of pyridine rings is 1. The average molecular weight is 230 g/mol. The molecule has 17 heavy (non-hydrogen) atoms. The van der Waals surface area contributed by atoms with Gasteiger partial charge in [-0.15, -0.1) is 10.2 Å². The number of aromatic nitrogens is 3. The number of fused-ring (bicyclic) bond motifs is 1. The van der Waals surface area contributed by atoms with Crippen molar-refractivity contribution in [3.05, 3.63) is 30.2 Å². The predicted octanol–water partition coefficient (Wildman–Crippen LogP) is 2.01. The molecule has 0 radical (unpaired) electrons. The van der Waals surface area contributed by atoms with Gasteiger partial charge in [0.05, 0.1) is 6.54 Å². The highest BCUT2D eigenvalue weighted by molar-refractivity contribution is 5.36. The number of nitrogens with zero attached hydrogens (tertiary/aromatic N) is 3. The molecule has 0 aliphatic heterocycles. The minimum Gasteiger partial charge on any atom is -0.307 e. The van der Waals surface area contributed by atoms with E-state index < -0.39 is 0 Å². The average Bonchev–Trinajstić information content (AvgIpc) is 3.06. The van der Waals surface area contributed by atoms with Crippen molar-refractivity contribution in [1.29, 1.82) is 0 Å². The Morgan fingerprint density at radius 3 is 3.12 bits per heavy atom. The van der Waals surface area contributed by atoms with Crippen LogP contribution in [0.15, 0.2) is 24.4 Å². The van der Waals surface area contributed by atoms with E-state index in [2.05, 4.69) is 22.4 Å². The van der Waals surface area contributed by atoms with Crippen molar-refractivity contribution in [2.75, 3.05) is 0 Å². The molecule has 1 aliphatic carbocycles. The number of nitrogens with one attached hydrogen (secondary N) is 1. The van der Waals surface area contributed by atoms with Crippen LogP contribution in [0.2, 0.25) is 0 Å². The van der Waals surface area contributed by atoms with Crippen molar-refractivity contribution < 1.29 is 0 Å². The molecule has 0 spiro atoms. The van der Waals surface area contributed by atoms with Gasteiger partial charge in [-0.1, -0.05) is 18.9 Å². The summed E-state index contributed by atoms with van der Waals surface area (Å²) in [5.74, 6) is 1.95. The molecular weight excluding hydrogens is 212 g/mol. The zero-order chi connectivity index (χ0) is 11.7. The molecule has 1 saturated carbocycles. The molecule has 1 fully saturated rings. The monoisotopic (exact) mass is 230 g/mol. The Bertz CT molecular complexity index is 501. The Labute approximate surface area is 101 Å². The van der Waals surface area contributed by atoms with E-state index in [1.807, 2.05) is 28.8 Å². The molecule has 2 aromatic rings. The van der Waals surface area contributed by atoms with Crippen LogP contribution in [-0.4, -0.2) is 20.6 Å². The van der Waals surface area contributed by atoms with Gasteiger partial charge in [-0.2, -0.15) is 0 Å². The Kier molecular flexibility index (Phi) is 2.81. The molecule has 0 bridgehead atoms. The molecule has 2 aromatic heterocycles. The van der Waals surface area contributed by atoms with E-state index >= 15 is 0 Å². The molecule has 1 unspecified atom stereocenters. The molecule has 0 saturated heterocycles. The molecule has 4 nitrogen and oxygen atoms in total. The lowest BCUT2D eigenvalue weighted by atomic mass is 10.1. The van der Waals surface area contributed by atoms with E-state index in [1.54, 1.807) is 0 Å². The van der Waals surface area contributed by atoms with Crippen LogP contribution >= 0.6 is 0 Å². The lowest BCUT2D eigenvalue weighted by Gasteiger charge is -2.12. The molecule has 2 heterocycles. The maximum Gasteiger partial charge on any atom is 0.160 e. The van der Waals surface area contributed by atoms with Gasteiger partial charge in [0.15, 0.2) is 11.5 Å². The van der Waals surface area contributed by atoms with Crippen molar-refractivity contribution in [3.8, 4) is 0 Å². The highest BCUT2D eigenvalue weighted by Gasteiger charge is 2.23. The maximum absolute atomic E-state index is 4.21. The summed E-state index contributed by atoms with van der Waals surface area (Å²) in [6, 6.07) is 6.53. The largest absolute Gasteiger partial charge is 0.307 e. The minimum absolute atomic E-state index is 0.568. The fourth-order valence-corrected chi connectivity index (χ4v) is 2.21. The first-order valence-electron chi connectivity index (χ1n) is 6.35. The van der Waals surface area contributed by atoms with Crippen LogP contribution in [0, 0.1) is 5.92 Å². The highest BCUT2D eigenvalue weighted by atomic mass is 15.3. The van der Waals surface area contributed by atoms with E-state index in [-0.39, 0.29) is 0 Å². The predicted molar refractivity (Wildman–Crippen MR) is 66.6 cm³/mol. The van der Waals surface area contributed by atoms with Gasteiger partial charge in [0.25, 0.3) is 0 Å². The Balaban J connectivity index is 1.63. The number of hydrogen-bond donors (Lipinski definition) is 1. The third kappa shape index (κ3) is 2.47. The summed E-state index contributed by atoms with van der Waals surface area (Å²) in [7, 11) is 0. The second kappa shape index (κ2) is 4.45. The van der Waals surface area contributed by atoms with Gasteiger partial charge in [-0.3, -0.25) is 4.40 Å². The van der Waals surface area contributed by atoms with E-state index in [4.69, 9.17) is 0 Å². The fraction of sp³-hybridized carbons (Fsp3) is 0.538. The fourth-order valence-electron chi connectivity index (χ4n) is 2.21. The van der Waals surface area contributed by atoms with Crippen molar-refractivity contribution in [2.45, 2.75) is 38.8 Å². The summed E-state index contributed by atoms with van der Waals surface area (Å²) >= 11 is 0. The van der Waals surface area contributed by atoms with E-state index in [0.29, 0.717) is 6.04 Å². The first-order valence-corrected chi connectivity index (χ1v) is 6.35. The third-order valence-corrected chi connectivity index (χ3v) is 3.38. The number of rotatable bonds is 5. The van der Waals surface area contributed by atoms with Gasteiger partial charge in [0, 0.05) is 12.2 Å². The molecular formula is C13H18N4. The van der Waals surface area contributed by atoms with E-state index in [0.717, 1.165) is 23.9 Å². The normalized spacial score (nSPS) is 17.5. The summed E-state index contributed by atoms with van der Waals surface area (Å²) in [4.78, 5) is 0. The Morgan fingerprint density at radius 1 is 1.41 bits per heavy atom. The Hall–Kier alpha value is -1.42. The van der Waals surface area contributed by atoms with Gasteiger partial charge < -0.3 is 5.32 Å². The van der Waals surface area contributed by atoms with Crippen molar-refractivity contribution in [2.24, 2.45) is 5.92 Å². The van der Waals surface area contributed by atoms with Crippen LogP contribution in [0.3, 0.4) is 0 Å². The second-order valence-corrected chi connectivity index (χ2v) is 5.01. The summed E-state index contributed by atoms with van der Waals surface area (Å²) in [6.07, 6.45) is 6.13. The van der Waals surface area contributed by atoms with Crippen LogP contribution < -0.4 is 5.32 Å². The molecule has 1 aliphatic rings. The van der Waals surface area contributed by atoms with Crippen LogP contribution in [0.25, 0.3) is 5.65 Å². The van der Waals surface area contributed by atoms with Gasteiger partial charge in [-0.25, -0.2) is 0 Å². The smallest absolute Gasteiger partial charge is 0.160 e. The van der Waals surface area contributed by atoms with Crippen LogP contribution in [0.4, 0.5) is 0 Å². The van der Waals surface area contributed by atoms with Crippen molar-refractivity contribution >= 4 is 5.65 Å². The first kappa shape index (κ1) is 10.7. The molecule has 0 aromatic carbocycles. The van der Waals surface area contributed by atoms with Gasteiger partial charge in [0.1, 0.15) is 0 Å². The van der Waals surface area contributed by atoms with E-state index in [1.165, 1.54) is 19.3 Å². The van der Waals surface area contributed by atoms with Crippen molar-refractivity contribution in [1.82, 2.24) is 19.9 Å². The quantitative estimate of drug-likeness (QED) is 0.854. The zero-order valence-corrected chi connectivity index (χ0v) is 10.1. The summed E-state index contributed by atoms with van der Waals surface area (Å²) in [5, 5.41) is 11.9. The molecule has 90 valence electrons. The van der Waals surface area contributed by atoms with E-state index in [9.17, 15) is 0 Å². The lowest BCUT2D eigenvalue weighted by Crippen LogP contribution is -2.26. The van der Waals surface area contributed by atoms with Crippen LogP contribution in [-0.2, 0) is 6.54 Å². The topological polar surface area (TPSA) is 42.2 Å². The molecule has 0 amide bonds. The standard InChI is InChI=1S/C13H18N4/c1-10(8-11-5-6-11)14-9-13-16-15-12-4-2-3-7-17(12)13/h2-4,7,10-11,14H,5-6,8-9H2,1H3. The molecule has 1 N–H and O–H groups in total. The van der Waals surface area contributed by atoms with Gasteiger partial charge in [-0.05, 0) is 31.4 Å². The molecule has 1 atom stereocenters. The van der Waals surface area contributed by atoms with Crippen LogP contribution in [0.5, 0.6) is 0 Å². The third-order valence-electron chi connectivity index (χ3n) is 3.38. The SMILES string of the molecule is CC(CC1CC1)NCc1nnc2ccccn12. The summed E-state index contributed by atoms with van der Waals surface area (Å²) in [5.41, 5.74) is 0.916. The maximum atomic E-state index is 4.21. The second-order valence-electron chi connectivity index (χ2n) is 5.01. The Morgan fingerprint density at radius 2 is 2.29 bits per heavy atom. The van der Waals surface area contributed by atoms with Crippen molar-refractivity contribution in [3.63, 3.8) is 0 Å². The first-order chi connectivity index (χ1) is 8.33. The van der Waals surface area contributed by atoms with Crippen LogP contribution in [0.1, 0.15) is 32.0 Å². The highest BCUT2D eigenvalue weighted by Crippen LogP contribution is 2.33. The minimum atomic E-state index is 0.568. The number of hydrogen-bond acceptors (Lipinski definition) is 3. The van der Waals surface area contributed by atoms with Gasteiger partial charge in [0.2, 0.25) is 0 Å². The zero-order valence-electron chi connectivity index (χ0n) is 10.1. The van der Waals surface area contributed by atoms with Gasteiger partial charge >= 0.3 is 0 Å². The lowest BCUT2D eigenvalue weighted by molar-refractivity contribution is 0.479. The molecule has 3 rings (SSSR count). The molecule has 4 heteroatoms. The summed E-state index contributed by atoms with van der Waals surface area (Å²) < 4.78 is 2.04.